The molecule has 0 saturated carbocycles. The van der Waals surface area contributed by atoms with Gasteiger partial charge in [0.05, 0.1) is 11.8 Å². The van der Waals surface area contributed by atoms with Crippen molar-refractivity contribution in [2.45, 2.75) is 26.4 Å². The molecule has 3 rings (SSSR count). The smallest absolute Gasteiger partial charge is 0.253 e. The normalized spacial score (nSPS) is 24.0. The van der Waals surface area contributed by atoms with Crippen LogP contribution in [-0.2, 0) is 6.54 Å². The van der Waals surface area contributed by atoms with Gasteiger partial charge in [-0.2, -0.15) is 0 Å². The van der Waals surface area contributed by atoms with Gasteiger partial charge in [-0.25, -0.2) is 0 Å². The number of amides is 1. The van der Waals surface area contributed by atoms with Crippen LogP contribution in [0.15, 0.2) is 48.8 Å². The van der Waals surface area contributed by atoms with Crippen molar-refractivity contribution >= 4 is 5.91 Å². The molecule has 1 aromatic heterocycles. The Kier molecular flexibility index (Phi) is 5.34. The predicted octanol–water partition coefficient (Wildman–Crippen LogP) is 2.67. The van der Waals surface area contributed by atoms with Crippen molar-refractivity contribution < 1.29 is 9.90 Å². The van der Waals surface area contributed by atoms with E-state index >= 15 is 0 Å². The van der Waals surface area contributed by atoms with Crippen LogP contribution in [0.2, 0.25) is 0 Å². The number of nitrogens with zero attached hydrogens (tertiary/aromatic N) is 2. The topological polar surface area (TPSA) is 65.5 Å². The van der Waals surface area contributed by atoms with Crippen LogP contribution in [-0.4, -0.2) is 40.0 Å². The second-order valence-corrected chi connectivity index (χ2v) is 7.07. The van der Waals surface area contributed by atoms with E-state index in [0.717, 1.165) is 19.6 Å². The van der Waals surface area contributed by atoms with Crippen molar-refractivity contribution in [3.63, 3.8) is 0 Å². The minimum absolute atomic E-state index is 0.00595. The minimum Gasteiger partial charge on any atom is -0.506 e. The van der Waals surface area contributed by atoms with E-state index in [1.54, 1.807) is 0 Å². The molecule has 1 saturated heterocycles. The molecule has 0 bridgehead atoms. The van der Waals surface area contributed by atoms with Gasteiger partial charge in [0.25, 0.3) is 5.91 Å². The summed E-state index contributed by atoms with van der Waals surface area (Å²) in [6, 6.07) is 12.0. The number of nitrogens with one attached hydrogen (secondary N) is 1. The summed E-state index contributed by atoms with van der Waals surface area (Å²) < 4.78 is 0. The molecular formula is C20H25N3O2. The fourth-order valence-corrected chi connectivity index (χ4v) is 3.72. The largest absolute Gasteiger partial charge is 0.506 e. The van der Waals surface area contributed by atoms with Crippen molar-refractivity contribution in [2.24, 2.45) is 11.8 Å². The summed E-state index contributed by atoms with van der Waals surface area (Å²) >= 11 is 0. The number of hydrogen-bond donors (Lipinski definition) is 2. The fraction of sp³-hybridized carbons (Fsp3) is 0.400. The van der Waals surface area contributed by atoms with Gasteiger partial charge in [-0.3, -0.25) is 14.7 Å². The van der Waals surface area contributed by atoms with Crippen LogP contribution in [0.5, 0.6) is 5.75 Å². The van der Waals surface area contributed by atoms with E-state index in [1.165, 1.54) is 24.0 Å². The fourth-order valence-electron chi connectivity index (χ4n) is 3.72. The molecule has 2 atom stereocenters. The van der Waals surface area contributed by atoms with Crippen molar-refractivity contribution in [2.75, 3.05) is 13.1 Å². The zero-order valence-corrected chi connectivity index (χ0v) is 14.7. The Bertz CT molecular complexity index is 708. The van der Waals surface area contributed by atoms with Crippen LogP contribution in [0, 0.1) is 11.8 Å². The molecule has 1 aliphatic heterocycles. The molecule has 1 amide bonds. The molecule has 2 heterocycles. The molecule has 5 nitrogen and oxygen atoms in total. The molecule has 2 unspecified atom stereocenters. The average Bonchev–Trinajstić information content (AvgIpc) is 2.59. The average molecular weight is 339 g/mol. The third-order valence-corrected chi connectivity index (χ3v) is 4.85. The van der Waals surface area contributed by atoms with E-state index in [4.69, 9.17) is 0 Å². The maximum absolute atomic E-state index is 12.5. The summed E-state index contributed by atoms with van der Waals surface area (Å²) in [5, 5.41) is 12.6. The molecule has 0 radical (unpaired) electrons. The highest BCUT2D eigenvalue weighted by Gasteiger charge is 2.33. The molecule has 2 N–H and O–H groups in total. The molecule has 5 heteroatoms. The number of hydrogen-bond acceptors (Lipinski definition) is 4. The molecule has 25 heavy (non-hydrogen) atoms. The summed E-state index contributed by atoms with van der Waals surface area (Å²) in [7, 11) is 0. The van der Waals surface area contributed by atoms with Crippen LogP contribution < -0.4 is 5.32 Å². The van der Waals surface area contributed by atoms with E-state index in [2.05, 4.69) is 53.3 Å². The second-order valence-electron chi connectivity index (χ2n) is 7.07. The highest BCUT2D eigenvalue weighted by molar-refractivity contribution is 5.94. The summed E-state index contributed by atoms with van der Waals surface area (Å²) in [6.45, 7) is 7.19. The molecular weight excluding hydrogens is 314 g/mol. The maximum atomic E-state index is 12.5. The van der Waals surface area contributed by atoms with E-state index in [-0.39, 0.29) is 17.7 Å². The number of likely N-dealkylation sites (tertiary alicyclic amines) is 1. The number of benzene rings is 1. The van der Waals surface area contributed by atoms with Gasteiger partial charge >= 0.3 is 0 Å². The van der Waals surface area contributed by atoms with Gasteiger partial charge in [0.2, 0.25) is 0 Å². The van der Waals surface area contributed by atoms with Gasteiger partial charge in [-0.15, -0.1) is 0 Å². The Hall–Kier alpha value is -2.40. The molecule has 0 aliphatic carbocycles. The predicted molar refractivity (Wildman–Crippen MR) is 97.2 cm³/mol. The number of rotatable bonds is 4. The van der Waals surface area contributed by atoms with E-state index in [1.807, 2.05) is 6.07 Å². The number of carbonyl (C=O) groups is 1. The highest BCUT2D eigenvalue weighted by Crippen LogP contribution is 2.24. The van der Waals surface area contributed by atoms with Crippen LogP contribution >= 0.6 is 0 Å². The van der Waals surface area contributed by atoms with Crippen molar-refractivity contribution in [3.05, 3.63) is 59.9 Å². The standard InChI is InChI=1S/C20H25N3O2/c1-14-11-23(13-16-6-4-3-5-7-16)12-15(2)19(14)22-20(25)17-8-18(24)10-21-9-17/h3-10,14-15,19,24H,11-13H2,1-2H3,(H,22,25). The van der Waals surface area contributed by atoms with Gasteiger partial charge < -0.3 is 10.4 Å². The molecule has 1 aliphatic rings. The summed E-state index contributed by atoms with van der Waals surface area (Å²) in [6.07, 6.45) is 2.80. The van der Waals surface area contributed by atoms with Gasteiger partial charge in [0.1, 0.15) is 5.75 Å². The zero-order chi connectivity index (χ0) is 17.8. The Balaban J connectivity index is 1.61. The number of carbonyl (C=O) groups excluding carboxylic acids is 1. The first-order chi connectivity index (χ1) is 12.0. The summed E-state index contributed by atoms with van der Waals surface area (Å²) in [5.41, 5.74) is 1.71. The van der Waals surface area contributed by atoms with Crippen LogP contribution in [0.25, 0.3) is 0 Å². The lowest BCUT2D eigenvalue weighted by atomic mass is 9.85. The number of aromatic hydroxyl groups is 1. The SMILES string of the molecule is CC1CN(Cc2ccccc2)CC(C)C1NC(=O)c1cncc(O)c1. The van der Waals surface area contributed by atoms with Gasteiger partial charge in [-0.05, 0) is 23.5 Å². The number of aromatic nitrogens is 1. The lowest BCUT2D eigenvalue weighted by molar-refractivity contribution is 0.0732. The highest BCUT2D eigenvalue weighted by atomic mass is 16.3. The quantitative estimate of drug-likeness (QED) is 0.899. The molecule has 1 aromatic carbocycles. The first kappa shape index (κ1) is 17.4. The molecule has 132 valence electrons. The number of piperidine rings is 1. The Morgan fingerprint density at radius 3 is 2.52 bits per heavy atom. The molecule has 1 fully saturated rings. The lowest BCUT2D eigenvalue weighted by Crippen LogP contribution is -2.54. The van der Waals surface area contributed by atoms with Crippen molar-refractivity contribution in [1.82, 2.24) is 15.2 Å². The first-order valence-corrected chi connectivity index (χ1v) is 8.74. The van der Waals surface area contributed by atoms with E-state index in [0.29, 0.717) is 17.4 Å². The van der Waals surface area contributed by atoms with Crippen LogP contribution in [0.1, 0.15) is 29.8 Å². The van der Waals surface area contributed by atoms with Crippen molar-refractivity contribution in [3.8, 4) is 5.75 Å². The molecule has 2 aromatic rings. The third kappa shape index (κ3) is 4.37. The Morgan fingerprint density at radius 1 is 1.20 bits per heavy atom. The Morgan fingerprint density at radius 2 is 1.88 bits per heavy atom. The van der Waals surface area contributed by atoms with Crippen molar-refractivity contribution in [1.29, 1.82) is 0 Å². The second kappa shape index (κ2) is 7.66. The monoisotopic (exact) mass is 339 g/mol. The summed E-state index contributed by atoms with van der Waals surface area (Å²) in [5.74, 6) is 0.526. The number of pyridine rings is 1. The van der Waals surface area contributed by atoms with E-state index in [9.17, 15) is 9.90 Å². The van der Waals surface area contributed by atoms with Crippen LogP contribution in [0.4, 0.5) is 0 Å². The Labute approximate surface area is 148 Å². The molecule has 0 spiro atoms. The van der Waals surface area contributed by atoms with Gasteiger partial charge in [0, 0.05) is 31.9 Å². The maximum Gasteiger partial charge on any atom is 0.253 e. The lowest BCUT2D eigenvalue weighted by Gasteiger charge is -2.41. The van der Waals surface area contributed by atoms with Gasteiger partial charge in [0.15, 0.2) is 0 Å². The third-order valence-electron chi connectivity index (χ3n) is 4.85. The van der Waals surface area contributed by atoms with E-state index < -0.39 is 0 Å². The summed E-state index contributed by atoms with van der Waals surface area (Å²) in [4.78, 5) is 18.8. The van der Waals surface area contributed by atoms with Crippen LogP contribution in [0.3, 0.4) is 0 Å². The minimum atomic E-state index is -0.177. The zero-order valence-electron chi connectivity index (χ0n) is 14.7. The first-order valence-electron chi connectivity index (χ1n) is 8.74. The van der Waals surface area contributed by atoms with Gasteiger partial charge in [-0.1, -0.05) is 44.2 Å².